The minimum Gasteiger partial charge on any atom is -0.347 e. The molecule has 0 radical (unpaired) electrons. The van der Waals surface area contributed by atoms with Crippen molar-refractivity contribution in [2.75, 3.05) is 6.54 Å². The van der Waals surface area contributed by atoms with Gasteiger partial charge in [0.05, 0.1) is 17.1 Å². The summed E-state index contributed by atoms with van der Waals surface area (Å²) in [5, 5.41) is 15.0. The van der Waals surface area contributed by atoms with E-state index in [2.05, 4.69) is 15.5 Å². The highest BCUT2D eigenvalue weighted by atomic mass is 16.2. The van der Waals surface area contributed by atoms with Gasteiger partial charge in [-0.2, -0.15) is 5.26 Å². The van der Waals surface area contributed by atoms with Crippen LogP contribution in [0.5, 0.6) is 0 Å². The number of nitrogens with one attached hydrogen (secondary N) is 2. The Hall–Kier alpha value is -2.08. The molecule has 1 heterocycles. The summed E-state index contributed by atoms with van der Waals surface area (Å²) in [6.07, 6.45) is 3.13. The lowest BCUT2D eigenvalue weighted by Crippen LogP contribution is -2.67. The first-order chi connectivity index (χ1) is 8.99. The van der Waals surface area contributed by atoms with E-state index < -0.39 is 22.9 Å². The largest absolute Gasteiger partial charge is 0.347 e. The Labute approximate surface area is 112 Å². The first-order valence-corrected chi connectivity index (χ1v) is 6.35. The van der Waals surface area contributed by atoms with Gasteiger partial charge in [-0.05, 0) is 19.8 Å². The molecule has 100 valence electrons. The molecule has 6 nitrogen and oxygen atoms in total. The average molecular weight is 260 g/mol. The maximum absolute atomic E-state index is 12.0. The van der Waals surface area contributed by atoms with Gasteiger partial charge in [0.15, 0.2) is 0 Å². The summed E-state index contributed by atoms with van der Waals surface area (Å²) < 4.78 is 0. The van der Waals surface area contributed by atoms with Gasteiger partial charge in [0.25, 0.3) is 6.54 Å². The van der Waals surface area contributed by atoms with Crippen LogP contribution in [-0.4, -0.2) is 29.4 Å². The standard InChI is InChI=1S/C13H16N4O2/c1-12-5-3-4-6-13(12,16-10(18)8-15-2)9(7-14)11(19)17-12/h9H,3-6,8H2,1H3,(H,16,18)(H,17,19)/t9?,12-,13+/m1/s1. The van der Waals surface area contributed by atoms with Crippen molar-refractivity contribution in [3.05, 3.63) is 11.4 Å². The third-order valence-electron chi connectivity index (χ3n) is 4.35. The second-order valence-electron chi connectivity index (χ2n) is 5.43. The third kappa shape index (κ3) is 1.84. The lowest BCUT2D eigenvalue weighted by molar-refractivity contribution is -0.123. The summed E-state index contributed by atoms with van der Waals surface area (Å²) in [6.45, 7) is 8.34. The molecule has 2 fully saturated rings. The van der Waals surface area contributed by atoms with Crippen LogP contribution in [0.15, 0.2) is 0 Å². The van der Waals surface area contributed by atoms with E-state index in [1.807, 2.05) is 13.0 Å². The first-order valence-electron chi connectivity index (χ1n) is 6.35. The summed E-state index contributed by atoms with van der Waals surface area (Å²) in [4.78, 5) is 26.8. The van der Waals surface area contributed by atoms with Crippen LogP contribution in [0.25, 0.3) is 4.85 Å². The van der Waals surface area contributed by atoms with E-state index >= 15 is 0 Å². The van der Waals surface area contributed by atoms with Crippen LogP contribution in [0.2, 0.25) is 0 Å². The zero-order chi connectivity index (χ0) is 14.1. The van der Waals surface area contributed by atoms with E-state index in [1.165, 1.54) is 0 Å². The predicted molar refractivity (Wildman–Crippen MR) is 66.5 cm³/mol. The monoisotopic (exact) mass is 260 g/mol. The number of fused-ring (bicyclic) bond motifs is 1. The summed E-state index contributed by atoms with van der Waals surface area (Å²) in [5.41, 5.74) is -1.47. The SMILES string of the molecule is [C-]#[N+]CC(=O)N[C@]12CCCC[C@@]1(C)NC(=O)C2C#N. The van der Waals surface area contributed by atoms with Gasteiger partial charge in [-0.25, -0.2) is 6.57 Å². The Kier molecular flexibility index (Phi) is 3.20. The summed E-state index contributed by atoms with van der Waals surface area (Å²) in [7, 11) is 0. The lowest BCUT2D eigenvalue weighted by Gasteiger charge is -2.47. The van der Waals surface area contributed by atoms with Crippen LogP contribution in [0.1, 0.15) is 32.6 Å². The quantitative estimate of drug-likeness (QED) is 0.703. The molecule has 2 aliphatic rings. The molecule has 1 aliphatic heterocycles. The molecule has 1 saturated heterocycles. The van der Waals surface area contributed by atoms with Crippen molar-refractivity contribution in [2.24, 2.45) is 5.92 Å². The fraction of sp³-hybridized carbons (Fsp3) is 0.692. The van der Waals surface area contributed by atoms with Gasteiger partial charge in [0.1, 0.15) is 5.92 Å². The first kappa shape index (κ1) is 13.4. The van der Waals surface area contributed by atoms with E-state index in [1.54, 1.807) is 0 Å². The topological polar surface area (TPSA) is 86.3 Å². The fourth-order valence-electron chi connectivity index (χ4n) is 3.39. The molecule has 1 saturated carbocycles. The molecule has 0 spiro atoms. The average Bonchev–Trinajstić information content (AvgIpc) is 2.55. The van der Waals surface area contributed by atoms with Crippen LogP contribution < -0.4 is 10.6 Å². The minimum absolute atomic E-state index is 0.274. The second-order valence-corrected chi connectivity index (χ2v) is 5.43. The van der Waals surface area contributed by atoms with Crippen molar-refractivity contribution in [3.63, 3.8) is 0 Å². The van der Waals surface area contributed by atoms with Crippen molar-refractivity contribution in [1.29, 1.82) is 5.26 Å². The van der Waals surface area contributed by atoms with Crippen LogP contribution >= 0.6 is 0 Å². The number of nitriles is 1. The number of hydrogen-bond acceptors (Lipinski definition) is 3. The van der Waals surface area contributed by atoms with Crippen LogP contribution in [0, 0.1) is 23.8 Å². The lowest BCUT2D eigenvalue weighted by atomic mass is 9.65. The van der Waals surface area contributed by atoms with E-state index in [9.17, 15) is 14.9 Å². The minimum atomic E-state index is -0.882. The number of nitrogens with zero attached hydrogens (tertiary/aromatic N) is 2. The van der Waals surface area contributed by atoms with Crippen molar-refractivity contribution in [1.82, 2.24) is 10.6 Å². The zero-order valence-corrected chi connectivity index (χ0v) is 10.8. The summed E-state index contributed by atoms with van der Waals surface area (Å²) in [6, 6.07) is 2.02. The second kappa shape index (κ2) is 4.55. The highest BCUT2D eigenvalue weighted by molar-refractivity contribution is 5.90. The van der Waals surface area contributed by atoms with Crippen LogP contribution in [-0.2, 0) is 9.59 Å². The Morgan fingerprint density at radius 3 is 2.95 bits per heavy atom. The molecule has 0 aromatic carbocycles. The van der Waals surface area contributed by atoms with Gasteiger partial charge >= 0.3 is 5.91 Å². The maximum Gasteiger partial charge on any atom is 0.300 e. The van der Waals surface area contributed by atoms with Crippen LogP contribution in [0.4, 0.5) is 0 Å². The maximum atomic E-state index is 12.0. The highest BCUT2D eigenvalue weighted by Crippen LogP contribution is 2.46. The molecule has 2 amide bonds. The van der Waals surface area contributed by atoms with Crippen molar-refractivity contribution in [2.45, 2.75) is 43.7 Å². The summed E-state index contributed by atoms with van der Waals surface area (Å²) >= 11 is 0. The van der Waals surface area contributed by atoms with E-state index in [0.717, 1.165) is 19.3 Å². The van der Waals surface area contributed by atoms with Gasteiger partial charge in [-0.15, -0.1) is 0 Å². The van der Waals surface area contributed by atoms with Gasteiger partial charge in [-0.3, -0.25) is 9.59 Å². The zero-order valence-electron chi connectivity index (χ0n) is 10.8. The van der Waals surface area contributed by atoms with E-state index in [-0.39, 0.29) is 12.5 Å². The molecule has 0 bridgehead atoms. The molecule has 19 heavy (non-hydrogen) atoms. The molecule has 3 atom stereocenters. The van der Waals surface area contributed by atoms with Crippen molar-refractivity contribution < 1.29 is 9.59 Å². The van der Waals surface area contributed by atoms with Gasteiger partial charge in [0.2, 0.25) is 5.91 Å². The molecule has 2 rings (SSSR count). The van der Waals surface area contributed by atoms with Gasteiger partial charge < -0.3 is 15.5 Å². The molecule has 0 aromatic rings. The van der Waals surface area contributed by atoms with Crippen LogP contribution in [0.3, 0.4) is 0 Å². The molecular formula is C13H16N4O2. The number of carbonyl (C=O) groups is 2. The molecule has 6 heteroatoms. The smallest absolute Gasteiger partial charge is 0.300 e. The molecule has 1 unspecified atom stereocenters. The van der Waals surface area contributed by atoms with E-state index in [4.69, 9.17) is 6.57 Å². The Morgan fingerprint density at radius 1 is 1.63 bits per heavy atom. The normalized spacial score (nSPS) is 36.6. The predicted octanol–water partition coefficient (Wildman–Crippen LogP) is 0.363. The fourth-order valence-corrected chi connectivity index (χ4v) is 3.39. The number of carbonyl (C=O) groups excluding carboxylic acids is 2. The Bertz CT molecular complexity index is 504. The van der Waals surface area contributed by atoms with Crippen molar-refractivity contribution >= 4 is 11.8 Å². The highest BCUT2D eigenvalue weighted by Gasteiger charge is 2.63. The Balaban J connectivity index is 2.39. The van der Waals surface area contributed by atoms with Gasteiger partial charge in [0, 0.05) is 0 Å². The Morgan fingerprint density at radius 2 is 2.32 bits per heavy atom. The molecule has 2 N–H and O–H groups in total. The molecule has 1 aliphatic carbocycles. The van der Waals surface area contributed by atoms with Gasteiger partial charge in [-0.1, -0.05) is 12.8 Å². The third-order valence-corrected chi connectivity index (χ3v) is 4.35. The number of amides is 2. The number of hydrogen-bond donors (Lipinski definition) is 2. The van der Waals surface area contributed by atoms with E-state index in [0.29, 0.717) is 6.42 Å². The summed E-state index contributed by atoms with van der Waals surface area (Å²) in [5.74, 6) is -1.62. The molecule has 0 aromatic heterocycles. The van der Waals surface area contributed by atoms with Crippen molar-refractivity contribution in [3.8, 4) is 6.07 Å². The molecular weight excluding hydrogens is 244 g/mol. The number of rotatable bonds is 2.